The smallest absolute Gasteiger partial charge is 0.328 e. The van der Waals surface area contributed by atoms with Crippen molar-refractivity contribution in [2.45, 2.75) is 52.6 Å². The number of pyridine rings is 2. The molecule has 6 rings (SSSR count). The monoisotopic (exact) mass is 890 g/mol. The molecule has 2 unspecified atom stereocenters. The molecule has 2 aromatic heterocycles. The van der Waals surface area contributed by atoms with Crippen LogP contribution in [-0.4, -0.2) is 57.2 Å². The molecule has 2 heterocycles. The van der Waals surface area contributed by atoms with Gasteiger partial charge in [-0.1, -0.05) is 96.0 Å². The second-order valence-corrected chi connectivity index (χ2v) is 16.0. The lowest BCUT2D eigenvalue weighted by atomic mass is 9.98. The number of ether oxygens (including phenoxy) is 1. The molecule has 0 aliphatic rings. The molecule has 2 amide bonds. The fraction of sp³-hybridized carbons (Fsp3) is 0.224. The molecular formula is C49H48Cl2N4O8. The maximum absolute atomic E-state index is 12.8. The molecule has 4 aromatic carbocycles. The molecule has 0 saturated heterocycles. The first kappa shape index (κ1) is 47.3. The Morgan fingerprint density at radius 3 is 1.33 bits per heavy atom. The number of nitrogens with one attached hydrogen (secondary N) is 2. The first-order valence-electron chi connectivity index (χ1n) is 19.8. The van der Waals surface area contributed by atoms with E-state index in [4.69, 9.17) is 27.9 Å². The molecule has 12 nitrogen and oxygen atoms in total. The number of benzene rings is 4. The number of rotatable bonds is 12. The van der Waals surface area contributed by atoms with Gasteiger partial charge in [-0.05, 0) is 96.5 Å². The first-order valence-corrected chi connectivity index (χ1v) is 20.6. The molecule has 0 radical (unpaired) electrons. The number of aromatic nitrogens is 2. The van der Waals surface area contributed by atoms with Gasteiger partial charge in [0.2, 0.25) is 0 Å². The summed E-state index contributed by atoms with van der Waals surface area (Å²) >= 11 is 12.3. The summed E-state index contributed by atoms with van der Waals surface area (Å²) in [5, 5.41) is 15.5. The van der Waals surface area contributed by atoms with Crippen molar-refractivity contribution < 1.29 is 29.0 Å². The second kappa shape index (κ2) is 20.9. The highest BCUT2D eigenvalue weighted by atomic mass is 35.5. The van der Waals surface area contributed by atoms with E-state index in [0.29, 0.717) is 32.8 Å². The summed E-state index contributed by atoms with van der Waals surface area (Å²) in [6, 6.07) is 26.5. The van der Waals surface area contributed by atoms with Gasteiger partial charge in [-0.3, -0.25) is 19.2 Å². The molecule has 0 fully saturated rings. The van der Waals surface area contributed by atoms with E-state index < -0.39 is 35.8 Å². The van der Waals surface area contributed by atoms with Crippen LogP contribution in [0.4, 0.5) is 0 Å². The summed E-state index contributed by atoms with van der Waals surface area (Å²) < 4.78 is 7.94. The number of hydrogen-bond acceptors (Lipinski definition) is 7. The third-order valence-electron chi connectivity index (χ3n) is 10.6. The lowest BCUT2D eigenvalue weighted by molar-refractivity contribution is -0.143. The Labute approximate surface area is 375 Å². The number of aryl methyl sites for hydroxylation is 6. The predicted molar refractivity (Wildman–Crippen MR) is 246 cm³/mol. The van der Waals surface area contributed by atoms with Crippen LogP contribution in [0.2, 0.25) is 10.0 Å². The Kier molecular flexibility index (Phi) is 15.7. The van der Waals surface area contributed by atoms with Gasteiger partial charge in [0.05, 0.1) is 39.4 Å². The summed E-state index contributed by atoms with van der Waals surface area (Å²) in [5.74, 6) is -2.67. The molecule has 2 atom stereocenters. The highest BCUT2D eigenvalue weighted by Crippen LogP contribution is 2.24. The molecule has 0 saturated carbocycles. The number of methoxy groups -OCH3 is 1. The summed E-state index contributed by atoms with van der Waals surface area (Å²) in [6.45, 7) is 7.29. The van der Waals surface area contributed by atoms with E-state index in [-0.39, 0.29) is 34.5 Å². The molecule has 326 valence electrons. The molecule has 0 bridgehead atoms. The van der Waals surface area contributed by atoms with Crippen LogP contribution >= 0.6 is 23.2 Å². The van der Waals surface area contributed by atoms with Crippen molar-refractivity contribution in [2.75, 3.05) is 7.11 Å². The van der Waals surface area contributed by atoms with Gasteiger partial charge in [-0.2, -0.15) is 0 Å². The van der Waals surface area contributed by atoms with Crippen LogP contribution in [0.1, 0.15) is 54.1 Å². The number of carbonyl (C=O) groups excluding carboxylic acids is 3. The molecular weight excluding hydrogens is 843 g/mol. The van der Waals surface area contributed by atoms with Crippen LogP contribution in [0.25, 0.3) is 22.3 Å². The van der Waals surface area contributed by atoms with Gasteiger partial charge in [-0.25, -0.2) is 9.59 Å². The SMILES string of the molecule is COC(=O)C(Cc1ccc(-c2c(C)ccn(C)c2=O)cc1)NC(=O)c1c(C)cccc1Cl.Cc1cccc(Cl)c1C(=O)NC(Cc1ccc(-c2c(C)ccn(C)c2=O)cc1)C(=O)O. The Balaban J connectivity index is 0.000000238. The zero-order valence-electron chi connectivity index (χ0n) is 35.9. The van der Waals surface area contributed by atoms with Crippen LogP contribution in [0.15, 0.2) is 119 Å². The molecule has 14 heteroatoms. The standard InChI is InChI=1S/C25H25ClN2O4.C24H23ClN2O4/c1-15-6-5-7-19(26)22(15)23(29)27-20(25(31)32-4)14-17-8-10-18(11-9-17)21-16(2)12-13-28(3)24(21)30;1-14-5-4-6-18(25)21(14)22(28)26-19(24(30)31)13-16-7-9-17(10-8-16)20-15(2)11-12-27(3)23(20)29/h5-13,20H,14H2,1-4H3,(H,27,29);4-12,19H,13H2,1-3H3,(H,26,28)(H,30,31). The van der Waals surface area contributed by atoms with Crippen LogP contribution in [-0.2, 0) is 41.3 Å². The van der Waals surface area contributed by atoms with Gasteiger partial charge in [0.25, 0.3) is 22.9 Å². The Bertz CT molecular complexity index is 2760. The number of halogens is 2. The summed E-state index contributed by atoms with van der Waals surface area (Å²) in [5.41, 5.74) is 7.85. The quantitative estimate of drug-likeness (QED) is 0.106. The number of carboxylic acid groups (broad SMARTS) is 1. The molecule has 0 aliphatic heterocycles. The van der Waals surface area contributed by atoms with Gasteiger partial charge >= 0.3 is 11.9 Å². The van der Waals surface area contributed by atoms with Crippen LogP contribution in [0, 0.1) is 27.7 Å². The van der Waals surface area contributed by atoms with Crippen molar-refractivity contribution in [2.24, 2.45) is 14.1 Å². The van der Waals surface area contributed by atoms with Crippen molar-refractivity contribution in [1.29, 1.82) is 0 Å². The highest BCUT2D eigenvalue weighted by Gasteiger charge is 2.26. The second-order valence-electron chi connectivity index (χ2n) is 15.2. The van der Waals surface area contributed by atoms with E-state index in [0.717, 1.165) is 33.4 Å². The van der Waals surface area contributed by atoms with Crippen LogP contribution in [0.5, 0.6) is 0 Å². The fourth-order valence-corrected chi connectivity index (χ4v) is 7.68. The number of amides is 2. The van der Waals surface area contributed by atoms with Crippen molar-refractivity contribution in [3.8, 4) is 22.3 Å². The molecule has 6 aromatic rings. The van der Waals surface area contributed by atoms with E-state index >= 15 is 0 Å². The number of esters is 1. The minimum absolute atomic E-state index is 0.0763. The maximum atomic E-state index is 12.8. The van der Waals surface area contributed by atoms with Gasteiger partial charge in [0.15, 0.2) is 0 Å². The normalized spacial score (nSPS) is 11.7. The largest absolute Gasteiger partial charge is 0.480 e. The van der Waals surface area contributed by atoms with E-state index in [1.54, 1.807) is 101 Å². The highest BCUT2D eigenvalue weighted by molar-refractivity contribution is 6.34. The third-order valence-corrected chi connectivity index (χ3v) is 11.2. The summed E-state index contributed by atoms with van der Waals surface area (Å²) in [7, 11) is 4.68. The Hall–Kier alpha value is -6.76. The number of aliphatic carboxylic acids is 1. The zero-order valence-corrected chi connectivity index (χ0v) is 37.4. The zero-order chi connectivity index (χ0) is 46.1. The maximum Gasteiger partial charge on any atom is 0.328 e. The van der Waals surface area contributed by atoms with Gasteiger partial charge in [-0.15, -0.1) is 0 Å². The fourth-order valence-electron chi connectivity index (χ4n) is 7.06. The van der Waals surface area contributed by atoms with E-state index in [1.165, 1.54) is 16.2 Å². The van der Waals surface area contributed by atoms with Crippen molar-refractivity contribution in [3.63, 3.8) is 0 Å². The van der Waals surface area contributed by atoms with Crippen LogP contribution in [0.3, 0.4) is 0 Å². The average molecular weight is 892 g/mol. The number of nitrogens with zero attached hydrogens (tertiary/aromatic N) is 2. The summed E-state index contributed by atoms with van der Waals surface area (Å²) in [4.78, 5) is 74.6. The molecule has 0 spiro atoms. The lowest BCUT2D eigenvalue weighted by Crippen LogP contribution is -2.43. The number of carboxylic acids is 1. The Morgan fingerprint density at radius 1 is 0.587 bits per heavy atom. The van der Waals surface area contributed by atoms with Crippen molar-refractivity contribution in [3.05, 3.63) is 185 Å². The third kappa shape index (κ3) is 11.4. The van der Waals surface area contributed by atoms with E-state index in [1.807, 2.05) is 50.2 Å². The topological polar surface area (TPSA) is 166 Å². The predicted octanol–water partition coefficient (Wildman–Crippen LogP) is 7.58. The minimum Gasteiger partial charge on any atom is -0.480 e. The number of carbonyl (C=O) groups is 4. The molecule has 3 N–H and O–H groups in total. The molecule has 63 heavy (non-hydrogen) atoms. The van der Waals surface area contributed by atoms with Crippen molar-refractivity contribution >= 4 is 47.0 Å². The number of hydrogen-bond donors (Lipinski definition) is 3. The van der Waals surface area contributed by atoms with Crippen LogP contribution < -0.4 is 21.8 Å². The molecule has 0 aliphatic carbocycles. The lowest BCUT2D eigenvalue weighted by Gasteiger charge is -2.18. The van der Waals surface area contributed by atoms with E-state index in [2.05, 4.69) is 10.6 Å². The van der Waals surface area contributed by atoms with Crippen molar-refractivity contribution in [1.82, 2.24) is 19.8 Å². The summed E-state index contributed by atoms with van der Waals surface area (Å²) in [6.07, 6.45) is 3.78. The van der Waals surface area contributed by atoms with Gasteiger partial charge in [0.1, 0.15) is 12.1 Å². The minimum atomic E-state index is -1.14. The average Bonchev–Trinajstić information content (AvgIpc) is 3.24. The van der Waals surface area contributed by atoms with Gasteiger partial charge in [0, 0.05) is 39.3 Å². The Morgan fingerprint density at radius 2 is 0.968 bits per heavy atom. The van der Waals surface area contributed by atoms with Gasteiger partial charge < -0.3 is 29.6 Å². The van der Waals surface area contributed by atoms with E-state index in [9.17, 15) is 33.9 Å². The first-order chi connectivity index (χ1) is 29.9.